The lowest BCUT2D eigenvalue weighted by Gasteiger charge is -2.41. The lowest BCUT2D eigenvalue weighted by atomic mass is 9.75. The Morgan fingerprint density at radius 2 is 1.92 bits per heavy atom. The molecule has 3 rings (SSSR count). The maximum Gasteiger partial charge on any atom is 0.245 e. The summed E-state index contributed by atoms with van der Waals surface area (Å²) < 4.78 is 27.7. The summed E-state index contributed by atoms with van der Waals surface area (Å²) in [6.07, 6.45) is 7.47. The Morgan fingerprint density at radius 3 is 2.50 bits per heavy atom. The average Bonchev–Trinajstić information content (AvgIpc) is 2.93. The quantitative estimate of drug-likeness (QED) is 0.797. The molecule has 0 saturated heterocycles. The molecule has 0 N–H and O–H groups in total. The van der Waals surface area contributed by atoms with Crippen LogP contribution in [0.4, 0.5) is 0 Å². The maximum absolute atomic E-state index is 13.4. The molecule has 1 saturated carbocycles. The van der Waals surface area contributed by atoms with E-state index in [1.165, 1.54) is 10.6 Å². The minimum absolute atomic E-state index is 0.144. The first-order chi connectivity index (χ1) is 12.0. The SMILES string of the molecule is CN(C(=O)C1c2cnn(C)c2CCN1S(C)(=O)=O)C1CCC(C)(C)CC1. The van der Waals surface area contributed by atoms with Crippen LogP contribution in [0.2, 0.25) is 0 Å². The zero-order chi connectivity index (χ0) is 19.3. The van der Waals surface area contributed by atoms with E-state index < -0.39 is 16.1 Å². The van der Waals surface area contributed by atoms with Crippen molar-refractivity contribution in [1.82, 2.24) is 19.0 Å². The summed E-state index contributed by atoms with van der Waals surface area (Å²) in [5.74, 6) is -0.144. The first kappa shape index (κ1) is 19.4. The monoisotopic (exact) mass is 382 g/mol. The standard InChI is InChI=1S/C18H30N4O3S/c1-18(2)9-6-13(7-10-18)20(3)17(23)16-14-12-19-21(4)15(14)8-11-22(16)26(5,24)25/h12-13,16H,6-11H2,1-5H3. The minimum atomic E-state index is -3.49. The number of hydrogen-bond donors (Lipinski definition) is 0. The molecule has 146 valence electrons. The van der Waals surface area contributed by atoms with Gasteiger partial charge in [0.15, 0.2) is 0 Å². The van der Waals surface area contributed by atoms with Gasteiger partial charge in [-0.15, -0.1) is 0 Å². The van der Waals surface area contributed by atoms with Crippen LogP contribution in [0.5, 0.6) is 0 Å². The third-order valence-corrected chi connectivity index (χ3v) is 7.35. The molecule has 1 fully saturated rings. The molecule has 0 aromatic carbocycles. The molecular weight excluding hydrogens is 352 g/mol. The Labute approximate surface area is 156 Å². The summed E-state index contributed by atoms with van der Waals surface area (Å²) in [5, 5.41) is 4.26. The van der Waals surface area contributed by atoms with Crippen molar-refractivity contribution < 1.29 is 13.2 Å². The van der Waals surface area contributed by atoms with Crippen LogP contribution in [0.3, 0.4) is 0 Å². The van der Waals surface area contributed by atoms with Crippen molar-refractivity contribution in [2.75, 3.05) is 19.8 Å². The number of carbonyl (C=O) groups is 1. The van der Waals surface area contributed by atoms with Crippen LogP contribution in [0.15, 0.2) is 6.20 Å². The van der Waals surface area contributed by atoms with E-state index in [2.05, 4.69) is 18.9 Å². The van der Waals surface area contributed by atoms with Crippen molar-refractivity contribution in [3.05, 3.63) is 17.5 Å². The first-order valence-electron chi connectivity index (χ1n) is 9.25. The Kier molecular flexibility index (Phi) is 4.94. The van der Waals surface area contributed by atoms with Crippen molar-refractivity contribution >= 4 is 15.9 Å². The largest absolute Gasteiger partial charge is 0.341 e. The topological polar surface area (TPSA) is 75.5 Å². The summed E-state index contributed by atoms with van der Waals surface area (Å²) in [4.78, 5) is 15.1. The number of hydrogen-bond acceptors (Lipinski definition) is 4. The molecular formula is C18H30N4O3S. The molecule has 0 spiro atoms. The maximum atomic E-state index is 13.4. The second-order valence-electron chi connectivity index (χ2n) is 8.54. The molecule has 2 heterocycles. The average molecular weight is 383 g/mol. The van der Waals surface area contributed by atoms with Gasteiger partial charge in [-0.1, -0.05) is 13.8 Å². The molecule has 1 amide bonds. The molecule has 8 heteroatoms. The van der Waals surface area contributed by atoms with Crippen LogP contribution < -0.4 is 0 Å². The van der Waals surface area contributed by atoms with Crippen molar-refractivity contribution in [3.8, 4) is 0 Å². The van der Waals surface area contributed by atoms with Crippen LogP contribution in [0.1, 0.15) is 56.8 Å². The second-order valence-corrected chi connectivity index (χ2v) is 10.5. The smallest absolute Gasteiger partial charge is 0.245 e. The van der Waals surface area contributed by atoms with Crippen LogP contribution >= 0.6 is 0 Å². The molecule has 0 bridgehead atoms. The number of aryl methyl sites for hydroxylation is 1. The number of sulfonamides is 1. The van der Waals surface area contributed by atoms with Gasteiger partial charge in [0, 0.05) is 44.4 Å². The highest BCUT2D eigenvalue weighted by atomic mass is 32.2. The zero-order valence-electron chi connectivity index (χ0n) is 16.4. The van der Waals surface area contributed by atoms with Crippen LogP contribution in [0.25, 0.3) is 0 Å². The Balaban J connectivity index is 1.89. The molecule has 1 aliphatic carbocycles. The number of aromatic nitrogens is 2. The molecule has 1 aromatic heterocycles. The van der Waals surface area contributed by atoms with Crippen molar-refractivity contribution in [2.24, 2.45) is 12.5 Å². The fourth-order valence-electron chi connectivity index (χ4n) is 4.27. The van der Waals surface area contributed by atoms with Gasteiger partial charge < -0.3 is 4.90 Å². The van der Waals surface area contributed by atoms with E-state index in [4.69, 9.17) is 0 Å². The minimum Gasteiger partial charge on any atom is -0.341 e. The predicted octanol–water partition coefficient (Wildman–Crippen LogP) is 1.71. The zero-order valence-corrected chi connectivity index (χ0v) is 17.2. The van der Waals surface area contributed by atoms with Crippen molar-refractivity contribution in [3.63, 3.8) is 0 Å². The predicted molar refractivity (Wildman–Crippen MR) is 100 cm³/mol. The molecule has 1 atom stereocenters. The van der Waals surface area contributed by atoms with Crippen LogP contribution in [-0.4, -0.2) is 59.2 Å². The fourth-order valence-corrected chi connectivity index (χ4v) is 5.28. The number of rotatable bonds is 3. The number of amides is 1. The molecule has 26 heavy (non-hydrogen) atoms. The molecule has 1 aliphatic heterocycles. The molecule has 0 radical (unpaired) electrons. The number of nitrogens with zero attached hydrogens (tertiary/aromatic N) is 4. The van der Waals surface area contributed by atoms with E-state index in [-0.39, 0.29) is 11.9 Å². The summed E-state index contributed by atoms with van der Waals surface area (Å²) >= 11 is 0. The summed E-state index contributed by atoms with van der Waals surface area (Å²) in [5.41, 5.74) is 1.99. The Morgan fingerprint density at radius 1 is 1.31 bits per heavy atom. The van der Waals surface area contributed by atoms with Gasteiger partial charge in [-0.2, -0.15) is 9.40 Å². The summed E-state index contributed by atoms with van der Waals surface area (Å²) in [6, 6.07) is -0.638. The van der Waals surface area contributed by atoms with Gasteiger partial charge in [0.05, 0.1) is 12.5 Å². The number of carbonyl (C=O) groups excluding carboxylic acids is 1. The number of fused-ring (bicyclic) bond motifs is 1. The highest BCUT2D eigenvalue weighted by Gasteiger charge is 2.42. The molecule has 1 aromatic rings. The van der Waals surface area contributed by atoms with Gasteiger partial charge in [-0.05, 0) is 31.1 Å². The normalized spacial score (nSPS) is 24.3. The van der Waals surface area contributed by atoms with Crippen LogP contribution in [0, 0.1) is 5.41 Å². The van der Waals surface area contributed by atoms with Crippen molar-refractivity contribution in [2.45, 2.75) is 58.0 Å². The van der Waals surface area contributed by atoms with E-state index in [9.17, 15) is 13.2 Å². The van der Waals surface area contributed by atoms with Gasteiger partial charge in [0.2, 0.25) is 15.9 Å². The summed E-state index contributed by atoms with van der Waals surface area (Å²) in [7, 11) is 0.165. The van der Waals surface area contributed by atoms with Gasteiger partial charge >= 0.3 is 0 Å². The van der Waals surface area contributed by atoms with Gasteiger partial charge in [0.25, 0.3) is 0 Å². The third-order valence-electron chi connectivity index (χ3n) is 6.11. The molecule has 7 nitrogen and oxygen atoms in total. The van der Waals surface area contributed by atoms with Gasteiger partial charge in [-0.25, -0.2) is 8.42 Å². The Bertz CT molecular complexity index is 789. The number of likely N-dealkylation sites (N-methyl/N-ethyl adjacent to an activating group) is 1. The highest BCUT2D eigenvalue weighted by molar-refractivity contribution is 7.88. The van der Waals surface area contributed by atoms with E-state index >= 15 is 0 Å². The lowest BCUT2D eigenvalue weighted by molar-refractivity contribution is -0.137. The van der Waals surface area contributed by atoms with Crippen LogP contribution in [-0.2, 0) is 28.3 Å². The fraction of sp³-hybridized carbons (Fsp3) is 0.778. The first-order valence-corrected chi connectivity index (χ1v) is 11.1. The summed E-state index contributed by atoms with van der Waals surface area (Å²) in [6.45, 7) is 4.84. The van der Waals surface area contributed by atoms with Gasteiger partial charge in [-0.3, -0.25) is 9.48 Å². The highest BCUT2D eigenvalue weighted by Crippen LogP contribution is 2.38. The van der Waals surface area contributed by atoms with E-state index in [1.807, 2.05) is 14.1 Å². The second kappa shape index (κ2) is 6.64. The van der Waals surface area contributed by atoms with E-state index in [0.29, 0.717) is 18.4 Å². The van der Waals surface area contributed by atoms with Gasteiger partial charge in [0.1, 0.15) is 6.04 Å². The van der Waals surface area contributed by atoms with E-state index in [1.54, 1.807) is 15.8 Å². The lowest BCUT2D eigenvalue weighted by Crippen LogP contribution is -2.50. The van der Waals surface area contributed by atoms with Crippen molar-refractivity contribution in [1.29, 1.82) is 0 Å². The van der Waals surface area contributed by atoms with E-state index in [0.717, 1.165) is 36.9 Å². The Hall–Kier alpha value is -1.41. The molecule has 2 aliphatic rings. The molecule has 1 unspecified atom stereocenters. The third kappa shape index (κ3) is 3.53.